The molecule has 0 unspecified atom stereocenters. The summed E-state index contributed by atoms with van der Waals surface area (Å²) in [7, 11) is -2.78. The van der Waals surface area contributed by atoms with Crippen molar-refractivity contribution in [2.45, 2.75) is 57.6 Å². The smallest absolute Gasteiger partial charge is 0.264 e. The van der Waals surface area contributed by atoms with E-state index in [1.807, 2.05) is 94.4 Å². The first-order chi connectivity index (χ1) is 21.5. The topological polar surface area (TPSA) is 96.0 Å². The van der Waals surface area contributed by atoms with Gasteiger partial charge >= 0.3 is 0 Å². The van der Waals surface area contributed by atoms with E-state index in [9.17, 15) is 18.0 Å². The quantitative estimate of drug-likeness (QED) is 0.206. The summed E-state index contributed by atoms with van der Waals surface area (Å²) >= 11 is 0. The number of ether oxygens (including phenoxy) is 1. The van der Waals surface area contributed by atoms with Crippen molar-refractivity contribution in [3.05, 3.63) is 125 Å². The lowest BCUT2D eigenvalue weighted by Gasteiger charge is -2.34. The third-order valence-corrected chi connectivity index (χ3v) is 9.16. The molecular weight excluding hydrogens is 586 g/mol. The van der Waals surface area contributed by atoms with Crippen LogP contribution in [-0.2, 0) is 32.6 Å². The number of sulfonamides is 1. The van der Waals surface area contributed by atoms with Gasteiger partial charge in [-0.2, -0.15) is 0 Å². The van der Waals surface area contributed by atoms with Gasteiger partial charge in [0, 0.05) is 19.0 Å². The van der Waals surface area contributed by atoms with Crippen molar-refractivity contribution in [2.24, 2.45) is 0 Å². The lowest BCUT2D eigenvalue weighted by Crippen LogP contribution is -2.54. The van der Waals surface area contributed by atoms with Gasteiger partial charge in [0.1, 0.15) is 18.3 Å². The number of amides is 2. The Morgan fingerprint density at radius 2 is 1.38 bits per heavy atom. The SMILES string of the molecule is COc1ccc(C)cc1N(CC(=O)N(Cc1ccccc1)[C@H](Cc1ccccc1)C(=O)NC(C)C)S(=O)(=O)c1ccc(C)cc1. The largest absolute Gasteiger partial charge is 0.495 e. The molecule has 0 aliphatic rings. The van der Waals surface area contributed by atoms with Crippen LogP contribution < -0.4 is 14.4 Å². The second-order valence-electron chi connectivity index (χ2n) is 11.4. The minimum Gasteiger partial charge on any atom is -0.495 e. The molecule has 4 aromatic rings. The van der Waals surface area contributed by atoms with Crippen LogP contribution in [-0.4, -0.2) is 50.9 Å². The van der Waals surface area contributed by atoms with Gasteiger partial charge < -0.3 is 15.0 Å². The zero-order valence-corrected chi connectivity index (χ0v) is 27.3. The van der Waals surface area contributed by atoms with E-state index in [2.05, 4.69) is 5.32 Å². The number of carbonyl (C=O) groups is 2. The molecule has 1 atom stereocenters. The summed E-state index contributed by atoms with van der Waals surface area (Å²) in [5.74, 6) is -0.547. The number of hydrogen-bond donors (Lipinski definition) is 1. The molecule has 0 aromatic heterocycles. The molecule has 2 amide bonds. The average Bonchev–Trinajstić information content (AvgIpc) is 3.02. The zero-order valence-electron chi connectivity index (χ0n) is 26.4. The summed E-state index contributed by atoms with van der Waals surface area (Å²) in [6.45, 7) is 6.99. The molecule has 8 nitrogen and oxygen atoms in total. The summed E-state index contributed by atoms with van der Waals surface area (Å²) in [6, 6.07) is 29.4. The number of rotatable bonds is 13. The Hall–Kier alpha value is -4.63. The summed E-state index contributed by atoms with van der Waals surface area (Å²) < 4.78 is 35.3. The summed E-state index contributed by atoms with van der Waals surface area (Å²) in [4.78, 5) is 29.9. The van der Waals surface area contributed by atoms with Gasteiger partial charge in [-0.1, -0.05) is 84.4 Å². The van der Waals surface area contributed by atoms with E-state index in [1.54, 1.807) is 24.3 Å². The number of carbonyl (C=O) groups excluding carboxylic acids is 2. The number of anilines is 1. The molecule has 4 aromatic carbocycles. The van der Waals surface area contributed by atoms with Crippen LogP contribution in [0.1, 0.15) is 36.1 Å². The van der Waals surface area contributed by atoms with Gasteiger partial charge in [0.25, 0.3) is 10.0 Å². The van der Waals surface area contributed by atoms with Crippen LogP contribution in [0.5, 0.6) is 5.75 Å². The molecule has 0 heterocycles. The fraction of sp³-hybridized carbons (Fsp3) is 0.278. The van der Waals surface area contributed by atoms with E-state index in [-0.39, 0.29) is 35.5 Å². The summed E-state index contributed by atoms with van der Waals surface area (Å²) in [5.41, 5.74) is 3.61. The van der Waals surface area contributed by atoms with E-state index in [1.165, 1.54) is 24.1 Å². The number of nitrogens with one attached hydrogen (secondary N) is 1. The lowest BCUT2D eigenvalue weighted by atomic mass is 10.0. The Labute approximate surface area is 266 Å². The third-order valence-electron chi connectivity index (χ3n) is 7.39. The van der Waals surface area contributed by atoms with Crippen molar-refractivity contribution < 1.29 is 22.7 Å². The van der Waals surface area contributed by atoms with Crippen LogP contribution in [0.2, 0.25) is 0 Å². The van der Waals surface area contributed by atoms with Gasteiger partial charge in [-0.15, -0.1) is 0 Å². The van der Waals surface area contributed by atoms with Gasteiger partial charge in [0.05, 0.1) is 17.7 Å². The van der Waals surface area contributed by atoms with Gasteiger partial charge in [0.2, 0.25) is 11.8 Å². The minimum atomic E-state index is -4.24. The Morgan fingerprint density at radius 1 is 0.800 bits per heavy atom. The highest BCUT2D eigenvalue weighted by molar-refractivity contribution is 7.92. The molecular formula is C36H41N3O5S. The normalized spacial score (nSPS) is 12.0. The maximum absolute atomic E-state index is 14.6. The van der Waals surface area contributed by atoms with Crippen molar-refractivity contribution in [3.63, 3.8) is 0 Å². The monoisotopic (exact) mass is 627 g/mol. The Bertz CT molecular complexity index is 1690. The molecule has 1 N–H and O–H groups in total. The van der Waals surface area contributed by atoms with Gasteiger partial charge in [-0.05, 0) is 68.7 Å². The zero-order chi connectivity index (χ0) is 32.6. The molecule has 236 valence electrons. The highest BCUT2D eigenvalue weighted by Gasteiger charge is 2.35. The van der Waals surface area contributed by atoms with Crippen molar-refractivity contribution in [3.8, 4) is 5.75 Å². The van der Waals surface area contributed by atoms with Crippen molar-refractivity contribution in [2.75, 3.05) is 18.0 Å². The van der Waals surface area contributed by atoms with Crippen LogP contribution in [0.3, 0.4) is 0 Å². The number of aryl methyl sites for hydroxylation is 2. The first kappa shape index (κ1) is 33.3. The Kier molecular flexibility index (Phi) is 11.0. The maximum atomic E-state index is 14.6. The van der Waals surface area contributed by atoms with E-state index in [0.717, 1.165) is 26.6 Å². The molecule has 0 bridgehead atoms. The second kappa shape index (κ2) is 14.9. The Morgan fingerprint density at radius 3 is 1.96 bits per heavy atom. The van der Waals surface area contributed by atoms with E-state index < -0.39 is 28.5 Å². The standard InChI is InChI=1S/C36H41N3O5S/c1-26(2)37-36(41)33(23-29-12-8-6-9-13-29)38(24-30-14-10-7-11-15-30)35(40)25-39(32-22-28(4)18-21-34(32)44-5)45(42,43)31-19-16-27(3)17-20-31/h6-22,26,33H,23-25H2,1-5H3,(H,37,41)/t33-/m1/s1. The predicted molar refractivity (Wildman–Crippen MR) is 178 cm³/mol. The molecule has 4 rings (SSSR count). The predicted octanol–water partition coefficient (Wildman–Crippen LogP) is 5.67. The first-order valence-electron chi connectivity index (χ1n) is 14.9. The first-order valence-corrected chi connectivity index (χ1v) is 16.4. The van der Waals surface area contributed by atoms with Gasteiger partial charge in [0.15, 0.2) is 0 Å². The molecule has 0 saturated heterocycles. The van der Waals surface area contributed by atoms with Gasteiger partial charge in [-0.25, -0.2) is 8.42 Å². The van der Waals surface area contributed by atoms with E-state index >= 15 is 0 Å². The van der Waals surface area contributed by atoms with Crippen LogP contribution in [0.25, 0.3) is 0 Å². The summed E-state index contributed by atoms with van der Waals surface area (Å²) in [6.07, 6.45) is 0.246. The van der Waals surface area contributed by atoms with Crippen LogP contribution in [0.4, 0.5) is 5.69 Å². The maximum Gasteiger partial charge on any atom is 0.264 e. The van der Waals surface area contributed by atoms with Crippen LogP contribution >= 0.6 is 0 Å². The molecule has 0 saturated carbocycles. The number of nitrogens with zero attached hydrogens (tertiary/aromatic N) is 2. The molecule has 0 spiro atoms. The van der Waals surface area contributed by atoms with E-state index in [0.29, 0.717) is 5.75 Å². The molecule has 0 aliphatic heterocycles. The average molecular weight is 628 g/mol. The fourth-order valence-electron chi connectivity index (χ4n) is 5.06. The minimum absolute atomic E-state index is 0.0393. The molecule has 0 radical (unpaired) electrons. The number of methoxy groups -OCH3 is 1. The molecule has 9 heteroatoms. The highest BCUT2D eigenvalue weighted by atomic mass is 32.2. The van der Waals surface area contributed by atoms with E-state index in [4.69, 9.17) is 4.74 Å². The third kappa shape index (κ3) is 8.51. The van der Waals surface area contributed by atoms with Crippen LogP contribution in [0, 0.1) is 13.8 Å². The van der Waals surface area contributed by atoms with Crippen molar-refractivity contribution in [1.29, 1.82) is 0 Å². The number of hydrogen-bond acceptors (Lipinski definition) is 5. The van der Waals surface area contributed by atoms with Crippen LogP contribution in [0.15, 0.2) is 108 Å². The molecule has 0 fully saturated rings. The molecule has 45 heavy (non-hydrogen) atoms. The molecule has 0 aliphatic carbocycles. The Balaban J connectivity index is 1.84. The van der Waals surface area contributed by atoms with Crippen molar-refractivity contribution >= 4 is 27.5 Å². The fourth-order valence-corrected chi connectivity index (χ4v) is 6.48. The lowest BCUT2D eigenvalue weighted by molar-refractivity contribution is -0.140. The highest BCUT2D eigenvalue weighted by Crippen LogP contribution is 2.34. The second-order valence-corrected chi connectivity index (χ2v) is 13.2. The number of benzene rings is 4. The van der Waals surface area contributed by atoms with Crippen molar-refractivity contribution in [1.82, 2.24) is 10.2 Å². The summed E-state index contributed by atoms with van der Waals surface area (Å²) in [5, 5.41) is 2.97. The van der Waals surface area contributed by atoms with Gasteiger partial charge in [-0.3, -0.25) is 13.9 Å².